The van der Waals surface area contributed by atoms with Crippen molar-refractivity contribution in [1.82, 2.24) is 0 Å². The molecule has 0 aliphatic carbocycles. The molecule has 1 aromatic carbocycles. The van der Waals surface area contributed by atoms with Gasteiger partial charge in [0.05, 0.1) is 6.10 Å². The molecule has 0 spiro atoms. The Balaban J connectivity index is 1.93. The summed E-state index contributed by atoms with van der Waals surface area (Å²) in [4.78, 5) is 0. The van der Waals surface area contributed by atoms with Gasteiger partial charge in [-0.05, 0) is 5.56 Å². The van der Waals surface area contributed by atoms with Crippen molar-refractivity contribution < 1.29 is 4.74 Å². The Hall–Kier alpha value is -1.08. The van der Waals surface area contributed by atoms with Gasteiger partial charge >= 0.3 is 0 Å². The van der Waals surface area contributed by atoms with E-state index in [1.807, 2.05) is 12.1 Å². The van der Waals surface area contributed by atoms with E-state index in [-0.39, 0.29) is 0 Å². The van der Waals surface area contributed by atoms with Crippen molar-refractivity contribution in [3.63, 3.8) is 0 Å². The fourth-order valence-electron chi connectivity index (χ4n) is 1.37. The van der Waals surface area contributed by atoms with Gasteiger partial charge in [-0.1, -0.05) is 36.4 Å². The average Bonchev–Trinajstić information content (AvgIpc) is 2.85. The number of hydrogen-bond acceptors (Lipinski definition) is 1. The number of epoxide rings is 1. The van der Waals surface area contributed by atoms with Gasteiger partial charge in [0.2, 0.25) is 0 Å². The number of ether oxygens (including phenoxy) is 1. The van der Waals surface area contributed by atoms with Crippen molar-refractivity contribution >= 4 is 0 Å². The maximum absolute atomic E-state index is 5.35. The molecule has 2 atom stereocenters. The standard InChI is InChI=1S/C11H12O/c1-2-10-11(12-10)8-9-6-4-3-5-7-9/h2-7,10-11H,1,8H2/t10-,11-/m1/s1. The summed E-state index contributed by atoms with van der Waals surface area (Å²) < 4.78 is 5.35. The van der Waals surface area contributed by atoms with E-state index in [2.05, 4.69) is 30.8 Å². The van der Waals surface area contributed by atoms with Gasteiger partial charge in [-0.15, -0.1) is 6.58 Å². The monoisotopic (exact) mass is 160 g/mol. The van der Waals surface area contributed by atoms with Gasteiger partial charge in [-0.3, -0.25) is 0 Å². The van der Waals surface area contributed by atoms with Gasteiger partial charge in [0, 0.05) is 6.42 Å². The second kappa shape index (κ2) is 3.11. The minimum atomic E-state index is 0.296. The highest BCUT2D eigenvalue weighted by Crippen LogP contribution is 2.26. The lowest BCUT2D eigenvalue weighted by Gasteiger charge is -1.94. The van der Waals surface area contributed by atoms with Gasteiger partial charge in [-0.2, -0.15) is 0 Å². The third kappa shape index (κ3) is 1.56. The van der Waals surface area contributed by atoms with E-state index in [4.69, 9.17) is 4.74 Å². The van der Waals surface area contributed by atoms with Crippen LogP contribution in [-0.2, 0) is 11.2 Å². The second-order valence-corrected chi connectivity index (χ2v) is 3.06. The molecular weight excluding hydrogens is 148 g/mol. The summed E-state index contributed by atoms with van der Waals surface area (Å²) >= 11 is 0. The van der Waals surface area contributed by atoms with Gasteiger partial charge in [-0.25, -0.2) is 0 Å². The van der Waals surface area contributed by atoms with E-state index in [1.54, 1.807) is 0 Å². The van der Waals surface area contributed by atoms with E-state index < -0.39 is 0 Å². The van der Waals surface area contributed by atoms with Crippen molar-refractivity contribution in [2.24, 2.45) is 0 Å². The van der Waals surface area contributed by atoms with E-state index in [9.17, 15) is 0 Å². The van der Waals surface area contributed by atoms with Crippen LogP contribution < -0.4 is 0 Å². The van der Waals surface area contributed by atoms with Crippen LogP contribution in [0.2, 0.25) is 0 Å². The maximum Gasteiger partial charge on any atom is 0.102 e. The fraction of sp³-hybridized carbons (Fsp3) is 0.273. The molecule has 1 nitrogen and oxygen atoms in total. The molecule has 0 unspecified atom stereocenters. The molecular formula is C11H12O. The zero-order valence-corrected chi connectivity index (χ0v) is 6.94. The molecule has 0 bridgehead atoms. The Bertz CT molecular complexity index is 266. The molecule has 62 valence electrons. The predicted molar refractivity (Wildman–Crippen MR) is 49.0 cm³/mol. The van der Waals surface area contributed by atoms with Gasteiger partial charge in [0.25, 0.3) is 0 Å². The predicted octanol–water partition coefficient (Wildman–Crippen LogP) is 2.18. The van der Waals surface area contributed by atoms with Crippen molar-refractivity contribution in [3.8, 4) is 0 Å². The Kier molecular flexibility index (Phi) is 1.96. The first-order valence-electron chi connectivity index (χ1n) is 4.22. The molecule has 1 fully saturated rings. The number of rotatable bonds is 3. The van der Waals surface area contributed by atoms with E-state index >= 15 is 0 Å². The van der Waals surface area contributed by atoms with Crippen molar-refractivity contribution in [2.45, 2.75) is 18.6 Å². The van der Waals surface area contributed by atoms with E-state index in [1.165, 1.54) is 5.56 Å². The average molecular weight is 160 g/mol. The molecule has 1 aromatic rings. The molecule has 1 saturated heterocycles. The van der Waals surface area contributed by atoms with Crippen LogP contribution in [0.25, 0.3) is 0 Å². The smallest absolute Gasteiger partial charge is 0.102 e. The largest absolute Gasteiger partial charge is 0.365 e. The topological polar surface area (TPSA) is 12.5 Å². The maximum atomic E-state index is 5.35. The van der Waals surface area contributed by atoms with Crippen LogP contribution in [0.15, 0.2) is 43.0 Å². The van der Waals surface area contributed by atoms with Gasteiger partial charge in [0.15, 0.2) is 0 Å². The van der Waals surface area contributed by atoms with Gasteiger partial charge in [0.1, 0.15) is 6.10 Å². The second-order valence-electron chi connectivity index (χ2n) is 3.06. The Labute approximate surface area is 72.7 Å². The lowest BCUT2D eigenvalue weighted by molar-refractivity contribution is 0.388. The first-order chi connectivity index (χ1) is 5.90. The zero-order chi connectivity index (χ0) is 8.39. The third-order valence-electron chi connectivity index (χ3n) is 2.13. The summed E-state index contributed by atoms with van der Waals surface area (Å²) in [6.07, 6.45) is 3.56. The van der Waals surface area contributed by atoms with Crippen LogP contribution in [0, 0.1) is 0 Å². The number of benzene rings is 1. The van der Waals surface area contributed by atoms with E-state index in [0.717, 1.165) is 6.42 Å². The van der Waals surface area contributed by atoms with Gasteiger partial charge < -0.3 is 4.74 Å². The van der Waals surface area contributed by atoms with Crippen molar-refractivity contribution in [2.75, 3.05) is 0 Å². The first kappa shape index (κ1) is 7.56. The number of hydrogen-bond donors (Lipinski definition) is 0. The quantitative estimate of drug-likeness (QED) is 0.487. The molecule has 12 heavy (non-hydrogen) atoms. The summed E-state index contributed by atoms with van der Waals surface area (Å²) in [6.45, 7) is 3.69. The Morgan fingerprint density at radius 1 is 1.33 bits per heavy atom. The summed E-state index contributed by atoms with van der Waals surface area (Å²) in [6, 6.07) is 10.4. The third-order valence-corrected chi connectivity index (χ3v) is 2.13. The Morgan fingerprint density at radius 3 is 2.67 bits per heavy atom. The minimum absolute atomic E-state index is 0.296. The Morgan fingerprint density at radius 2 is 2.08 bits per heavy atom. The minimum Gasteiger partial charge on any atom is -0.365 e. The lowest BCUT2D eigenvalue weighted by atomic mass is 10.1. The highest BCUT2D eigenvalue weighted by Gasteiger charge is 2.35. The van der Waals surface area contributed by atoms with Crippen LogP contribution in [0.1, 0.15) is 5.56 Å². The molecule has 1 aliphatic heterocycles. The molecule has 2 rings (SSSR count). The first-order valence-corrected chi connectivity index (χ1v) is 4.22. The highest BCUT2D eigenvalue weighted by atomic mass is 16.6. The summed E-state index contributed by atoms with van der Waals surface area (Å²) in [7, 11) is 0. The molecule has 0 aromatic heterocycles. The van der Waals surface area contributed by atoms with Crippen molar-refractivity contribution in [1.29, 1.82) is 0 Å². The summed E-state index contributed by atoms with van der Waals surface area (Å²) in [5.74, 6) is 0. The highest BCUT2D eigenvalue weighted by molar-refractivity contribution is 5.18. The fourth-order valence-corrected chi connectivity index (χ4v) is 1.37. The normalized spacial score (nSPS) is 26.7. The molecule has 0 radical (unpaired) electrons. The molecule has 1 aliphatic rings. The van der Waals surface area contributed by atoms with Crippen LogP contribution in [0.3, 0.4) is 0 Å². The molecule has 1 heteroatoms. The van der Waals surface area contributed by atoms with Crippen molar-refractivity contribution in [3.05, 3.63) is 48.6 Å². The van der Waals surface area contributed by atoms with E-state index in [0.29, 0.717) is 12.2 Å². The van der Waals surface area contributed by atoms with Crippen LogP contribution >= 0.6 is 0 Å². The molecule has 0 N–H and O–H groups in total. The molecule has 0 amide bonds. The summed E-state index contributed by atoms with van der Waals surface area (Å²) in [5.41, 5.74) is 1.34. The van der Waals surface area contributed by atoms with Crippen LogP contribution in [-0.4, -0.2) is 12.2 Å². The zero-order valence-electron chi connectivity index (χ0n) is 6.94. The molecule has 0 saturated carbocycles. The lowest BCUT2D eigenvalue weighted by Crippen LogP contribution is -1.95. The van der Waals surface area contributed by atoms with Crippen LogP contribution in [0.5, 0.6) is 0 Å². The van der Waals surface area contributed by atoms with Crippen LogP contribution in [0.4, 0.5) is 0 Å². The molecule has 1 heterocycles. The summed E-state index contributed by atoms with van der Waals surface area (Å²) in [5, 5.41) is 0. The SMILES string of the molecule is C=C[C@H]1O[C@@H]1Cc1ccccc1.